The Bertz CT molecular complexity index is 2580. The first-order valence-electron chi connectivity index (χ1n) is 26.3. The molecule has 8 rings (SSSR count). The second-order valence-corrected chi connectivity index (χ2v) is 20.2. The number of hydrogen-bond donors (Lipinski definition) is 3. The highest BCUT2D eigenvalue weighted by atomic mass is 16.6. The molecule has 3 N–H and O–H groups in total. The molecule has 2 aliphatic carbocycles. The number of rotatable bonds is 24. The summed E-state index contributed by atoms with van der Waals surface area (Å²) in [5, 5.41) is 18.0. The fourth-order valence-electron chi connectivity index (χ4n) is 11.0. The van der Waals surface area contributed by atoms with Gasteiger partial charge in [-0.1, -0.05) is 20.8 Å². The highest BCUT2D eigenvalue weighted by Crippen LogP contribution is 2.41. The minimum Gasteiger partial charge on any atom is -0.458 e. The number of likely N-dealkylation sites (tertiary alicyclic amines) is 1. The van der Waals surface area contributed by atoms with Crippen molar-refractivity contribution in [3.8, 4) is 17.1 Å². The van der Waals surface area contributed by atoms with Gasteiger partial charge in [0.05, 0.1) is 87.8 Å². The van der Waals surface area contributed by atoms with E-state index in [1.54, 1.807) is 30.5 Å². The maximum atomic E-state index is 13.7. The van der Waals surface area contributed by atoms with Crippen LogP contribution in [0.5, 0.6) is 5.75 Å². The van der Waals surface area contributed by atoms with E-state index >= 15 is 0 Å². The molecule has 1 aromatic carbocycles. The number of cyclic esters (lactones) is 1. The number of aromatic nitrogens is 2. The van der Waals surface area contributed by atoms with Crippen LogP contribution in [0.15, 0.2) is 29.1 Å². The van der Waals surface area contributed by atoms with Gasteiger partial charge in [-0.3, -0.25) is 33.7 Å². The number of pyridine rings is 2. The SMILES string of the molecule is CCc1c2c(nc3ccc(OC(=O)C4CCC(CNC(=O)CCOCCOCCOCCOCCNC(=O)C5CCC(CN6C(=O)CC(C)C6=O)CC5)CC4)cc13)-c1cc3c(c(=O)n1C2)COC(=O)[C@]3(O)CC. The van der Waals surface area contributed by atoms with E-state index in [2.05, 4.69) is 10.6 Å². The Balaban J connectivity index is 0.636. The van der Waals surface area contributed by atoms with Crippen LogP contribution in [0, 0.1) is 29.6 Å². The Morgan fingerprint density at radius 3 is 2.12 bits per heavy atom. The zero-order valence-corrected chi connectivity index (χ0v) is 42.5. The van der Waals surface area contributed by atoms with Crippen LogP contribution in [0.25, 0.3) is 22.3 Å². The Kier molecular flexibility index (Phi) is 18.1. The summed E-state index contributed by atoms with van der Waals surface area (Å²) >= 11 is 0. The lowest BCUT2D eigenvalue weighted by atomic mass is 9.81. The number of fused-ring (bicyclic) bond motifs is 5. The number of imide groups is 1. The molecule has 1 saturated heterocycles. The second-order valence-electron chi connectivity index (χ2n) is 20.2. The van der Waals surface area contributed by atoms with Crippen LogP contribution in [0.4, 0.5) is 0 Å². The Morgan fingerprint density at radius 1 is 0.808 bits per heavy atom. The third kappa shape index (κ3) is 12.5. The predicted molar refractivity (Wildman–Crippen MR) is 265 cm³/mol. The zero-order valence-electron chi connectivity index (χ0n) is 42.5. The topological polar surface area (TPSA) is 240 Å². The molecule has 5 aliphatic rings. The predicted octanol–water partition coefficient (Wildman–Crippen LogP) is 4.24. The number of amides is 4. The molecule has 5 heterocycles. The van der Waals surface area contributed by atoms with Crippen LogP contribution < -0.4 is 20.9 Å². The Labute approximate surface area is 425 Å². The molecular weight excluding hydrogens is 943 g/mol. The number of hydrogen-bond acceptors (Lipinski definition) is 15. The van der Waals surface area contributed by atoms with Crippen LogP contribution in [-0.2, 0) is 77.6 Å². The van der Waals surface area contributed by atoms with Gasteiger partial charge in [0, 0.05) is 60.8 Å². The molecule has 3 aliphatic heterocycles. The van der Waals surface area contributed by atoms with Crippen molar-refractivity contribution in [1.82, 2.24) is 25.1 Å². The first kappa shape index (κ1) is 53.7. The van der Waals surface area contributed by atoms with Gasteiger partial charge < -0.3 is 48.7 Å². The number of aryl methyl sites for hydroxylation is 1. The molecule has 73 heavy (non-hydrogen) atoms. The molecule has 0 spiro atoms. The summed E-state index contributed by atoms with van der Waals surface area (Å²) in [4.78, 5) is 95.5. The van der Waals surface area contributed by atoms with E-state index in [-0.39, 0.29) is 108 Å². The smallest absolute Gasteiger partial charge is 0.343 e. The first-order chi connectivity index (χ1) is 35.3. The lowest BCUT2D eigenvalue weighted by molar-refractivity contribution is -0.172. The quantitative estimate of drug-likeness (QED) is 0.0385. The molecule has 19 nitrogen and oxygen atoms in total. The van der Waals surface area contributed by atoms with E-state index in [1.807, 2.05) is 19.1 Å². The van der Waals surface area contributed by atoms with Gasteiger partial charge in [-0.15, -0.1) is 0 Å². The fraction of sp³-hybridized carbons (Fsp3) is 0.630. The van der Waals surface area contributed by atoms with E-state index in [4.69, 9.17) is 33.4 Å². The lowest BCUT2D eigenvalue weighted by Crippen LogP contribution is -2.44. The number of nitrogens with zero attached hydrogens (tertiary/aromatic N) is 3. The van der Waals surface area contributed by atoms with Gasteiger partial charge >= 0.3 is 11.9 Å². The van der Waals surface area contributed by atoms with Gasteiger partial charge in [0.2, 0.25) is 23.6 Å². The van der Waals surface area contributed by atoms with Crippen molar-refractivity contribution >= 4 is 46.5 Å². The number of esters is 2. The number of ether oxygens (including phenoxy) is 6. The van der Waals surface area contributed by atoms with Crippen molar-refractivity contribution in [2.24, 2.45) is 29.6 Å². The van der Waals surface area contributed by atoms with Crippen molar-refractivity contribution in [1.29, 1.82) is 0 Å². The van der Waals surface area contributed by atoms with Crippen molar-refractivity contribution in [2.75, 3.05) is 72.5 Å². The van der Waals surface area contributed by atoms with Gasteiger partial charge in [-0.25, -0.2) is 9.78 Å². The number of nitrogens with one attached hydrogen (secondary N) is 2. The number of benzene rings is 1. The summed E-state index contributed by atoms with van der Waals surface area (Å²) < 4.78 is 35.0. The number of carbonyl (C=O) groups excluding carboxylic acids is 6. The maximum absolute atomic E-state index is 13.7. The van der Waals surface area contributed by atoms with E-state index < -0.39 is 11.6 Å². The third-order valence-corrected chi connectivity index (χ3v) is 15.4. The first-order valence-corrected chi connectivity index (χ1v) is 26.3. The maximum Gasteiger partial charge on any atom is 0.343 e. The fourth-order valence-corrected chi connectivity index (χ4v) is 11.0. The van der Waals surface area contributed by atoms with Crippen LogP contribution in [0.2, 0.25) is 0 Å². The number of carbonyl (C=O) groups is 6. The van der Waals surface area contributed by atoms with Crippen LogP contribution in [0.3, 0.4) is 0 Å². The molecule has 1 unspecified atom stereocenters. The lowest BCUT2D eigenvalue weighted by Gasteiger charge is -2.31. The summed E-state index contributed by atoms with van der Waals surface area (Å²) in [5.41, 5.74) is 2.02. The summed E-state index contributed by atoms with van der Waals surface area (Å²) in [5.74, 6) is -0.873. The zero-order chi connectivity index (χ0) is 51.6. The van der Waals surface area contributed by atoms with Gasteiger partial charge in [0.25, 0.3) is 5.56 Å². The average Bonchev–Trinajstić information content (AvgIpc) is 3.88. The summed E-state index contributed by atoms with van der Waals surface area (Å²) in [6.45, 7) is 9.99. The summed E-state index contributed by atoms with van der Waals surface area (Å²) in [7, 11) is 0. The van der Waals surface area contributed by atoms with Gasteiger partial charge in [0.15, 0.2) is 5.60 Å². The molecule has 2 saturated carbocycles. The van der Waals surface area contributed by atoms with E-state index in [9.17, 15) is 38.7 Å². The van der Waals surface area contributed by atoms with Crippen LogP contribution in [-0.4, -0.2) is 128 Å². The normalized spacial score (nSPS) is 23.5. The minimum atomic E-state index is -1.91. The highest BCUT2D eigenvalue weighted by molar-refractivity contribution is 6.03. The molecule has 396 valence electrons. The van der Waals surface area contributed by atoms with Gasteiger partial charge in [-0.2, -0.15) is 0 Å². The molecule has 2 atom stereocenters. The molecule has 0 bridgehead atoms. The monoisotopic (exact) mass is 1010 g/mol. The molecule has 3 aromatic rings. The minimum absolute atomic E-state index is 0.0228. The largest absolute Gasteiger partial charge is 0.458 e. The van der Waals surface area contributed by atoms with Crippen molar-refractivity contribution in [2.45, 2.75) is 117 Å². The Morgan fingerprint density at radius 2 is 1.47 bits per heavy atom. The van der Waals surface area contributed by atoms with Crippen molar-refractivity contribution in [3.05, 3.63) is 56.9 Å². The van der Waals surface area contributed by atoms with Gasteiger partial charge in [0.1, 0.15) is 12.4 Å². The van der Waals surface area contributed by atoms with E-state index in [1.165, 1.54) is 4.90 Å². The highest BCUT2D eigenvalue weighted by Gasteiger charge is 2.46. The second kappa shape index (κ2) is 24.6. The standard InChI is InChI=1S/C54H71N5O14/c1-4-39-40-27-38(14-15-44(40)57-48-41(39)31-58-45(48)28-43-42(51(58)64)32-72-53(66)54(43,67)5-2)73-52(65)37-12-6-34(7-13-37)29-56-46(60)16-18-68-20-22-70-24-25-71-23-21-69-19-17-55-49(62)36-10-8-35(9-11-36)30-59-47(61)26-33(3)50(59)63/h14-15,27-28,33-37,67H,4-13,16-26,29-32H2,1-3H3,(H,55,62)(H,56,60)/t33?,34?,35?,36?,37?,54-/m0/s1. The van der Waals surface area contributed by atoms with Gasteiger partial charge in [-0.05, 0) is 106 Å². The average molecular weight is 1010 g/mol. The molecular formula is C54H71N5O14. The molecule has 4 amide bonds. The Hall–Kier alpha value is -5.60. The molecule has 0 radical (unpaired) electrons. The molecule has 2 aromatic heterocycles. The van der Waals surface area contributed by atoms with Crippen LogP contribution in [0.1, 0.15) is 114 Å². The third-order valence-electron chi connectivity index (χ3n) is 15.4. The number of aliphatic hydroxyl groups is 1. The van der Waals surface area contributed by atoms with Crippen LogP contribution >= 0.6 is 0 Å². The molecule has 3 fully saturated rings. The molecule has 19 heteroatoms. The summed E-state index contributed by atoms with van der Waals surface area (Å²) in [6.07, 6.45) is 7.29. The summed E-state index contributed by atoms with van der Waals surface area (Å²) in [6, 6.07) is 7.08. The van der Waals surface area contributed by atoms with E-state index in [0.717, 1.165) is 55.0 Å². The van der Waals surface area contributed by atoms with E-state index in [0.29, 0.717) is 114 Å². The van der Waals surface area contributed by atoms with Crippen molar-refractivity contribution < 1.29 is 62.3 Å². The van der Waals surface area contributed by atoms with Crippen molar-refractivity contribution in [3.63, 3.8) is 0 Å².